The minimum absolute atomic E-state index is 0.848. The lowest BCUT2D eigenvalue weighted by Crippen LogP contribution is -2.01. The molecule has 0 aliphatic heterocycles. The third-order valence-corrected chi connectivity index (χ3v) is 6.85. The van der Waals surface area contributed by atoms with E-state index < -0.39 is 0 Å². The first-order valence-electron chi connectivity index (χ1n) is 13.4. The molecule has 0 amide bonds. The van der Waals surface area contributed by atoms with E-state index in [1.807, 2.05) is 12.3 Å². The van der Waals surface area contributed by atoms with Crippen LogP contribution in [0.15, 0.2) is 97.3 Å². The molecule has 0 fully saturated rings. The van der Waals surface area contributed by atoms with Crippen molar-refractivity contribution in [3.8, 4) is 39.6 Å². The highest BCUT2D eigenvalue weighted by Crippen LogP contribution is 2.30. The first-order valence-corrected chi connectivity index (χ1v) is 13.4. The lowest BCUT2D eigenvalue weighted by molar-refractivity contribution is 0.795. The third kappa shape index (κ3) is 5.69. The molecule has 0 aliphatic carbocycles. The van der Waals surface area contributed by atoms with Gasteiger partial charge in [-0.3, -0.25) is 9.55 Å². The van der Waals surface area contributed by atoms with E-state index in [9.17, 15) is 0 Å². The van der Waals surface area contributed by atoms with E-state index in [2.05, 4.69) is 112 Å². The van der Waals surface area contributed by atoms with Gasteiger partial charge in [0.2, 0.25) is 0 Å². The van der Waals surface area contributed by atoms with Gasteiger partial charge in [-0.1, -0.05) is 93.4 Å². The largest absolute Gasteiger partial charge is 0.275 e. The van der Waals surface area contributed by atoms with Crippen molar-refractivity contribution in [1.82, 2.24) is 19.7 Å². The fourth-order valence-electron chi connectivity index (χ4n) is 4.64. The van der Waals surface area contributed by atoms with Gasteiger partial charge in [0.1, 0.15) is 0 Å². The third-order valence-electron chi connectivity index (χ3n) is 6.85. The quantitative estimate of drug-likeness (QED) is 0.199. The number of hydrogen-bond donors (Lipinski definition) is 0. The van der Waals surface area contributed by atoms with Crippen molar-refractivity contribution in [2.45, 2.75) is 52.4 Å². The average Bonchev–Trinajstić information content (AvgIpc) is 3.41. The maximum atomic E-state index is 4.69. The molecule has 0 bridgehead atoms. The van der Waals surface area contributed by atoms with E-state index in [0.29, 0.717) is 0 Å². The number of unbranched alkanes of at least 4 members (excludes halogenated alkanes) is 2. The normalized spacial score (nSPS) is 11.1. The average molecular weight is 487 g/mol. The number of hydrogen-bond acceptors (Lipinski definition) is 3. The Morgan fingerprint density at radius 1 is 0.568 bits per heavy atom. The molecular formula is C33H34N4. The zero-order valence-corrected chi connectivity index (χ0v) is 21.8. The Bertz CT molecular complexity index is 1330. The Labute approximate surface area is 220 Å². The molecule has 4 heteroatoms. The SMILES string of the molecule is CCCCc1ccc(-c2nnc(-c3ccc(CCCC)cc3)n2-c2ccc(-c3cccnc3)cc2)cc1. The molecule has 0 saturated heterocycles. The molecule has 3 aromatic carbocycles. The van der Waals surface area contributed by atoms with Gasteiger partial charge < -0.3 is 0 Å². The lowest BCUT2D eigenvalue weighted by Gasteiger charge is -2.13. The molecular weight excluding hydrogens is 452 g/mol. The number of aryl methyl sites for hydroxylation is 2. The molecule has 5 aromatic rings. The Morgan fingerprint density at radius 3 is 1.54 bits per heavy atom. The van der Waals surface area contributed by atoms with Gasteiger partial charge in [0.15, 0.2) is 11.6 Å². The molecule has 2 heterocycles. The maximum absolute atomic E-state index is 4.69. The number of aromatic nitrogens is 4. The summed E-state index contributed by atoms with van der Waals surface area (Å²) in [5.74, 6) is 1.70. The highest BCUT2D eigenvalue weighted by molar-refractivity contribution is 5.69. The van der Waals surface area contributed by atoms with Crippen LogP contribution in [0.2, 0.25) is 0 Å². The van der Waals surface area contributed by atoms with Crippen LogP contribution in [0.4, 0.5) is 0 Å². The highest BCUT2D eigenvalue weighted by atomic mass is 15.3. The van der Waals surface area contributed by atoms with Crippen molar-refractivity contribution < 1.29 is 0 Å². The molecule has 186 valence electrons. The summed E-state index contributed by atoms with van der Waals surface area (Å²) >= 11 is 0. The second-order valence-corrected chi connectivity index (χ2v) is 9.57. The zero-order valence-electron chi connectivity index (χ0n) is 21.8. The Kier molecular flexibility index (Phi) is 7.85. The van der Waals surface area contributed by atoms with E-state index in [1.165, 1.54) is 36.8 Å². The monoisotopic (exact) mass is 486 g/mol. The van der Waals surface area contributed by atoms with E-state index in [4.69, 9.17) is 0 Å². The fraction of sp³-hybridized carbons (Fsp3) is 0.242. The molecule has 0 radical (unpaired) electrons. The topological polar surface area (TPSA) is 43.6 Å². The number of rotatable bonds is 10. The molecule has 4 nitrogen and oxygen atoms in total. The summed E-state index contributed by atoms with van der Waals surface area (Å²) in [6.07, 6.45) is 10.7. The van der Waals surface area contributed by atoms with Crippen molar-refractivity contribution in [1.29, 1.82) is 0 Å². The summed E-state index contributed by atoms with van der Waals surface area (Å²) in [6.45, 7) is 4.46. The van der Waals surface area contributed by atoms with Crippen LogP contribution in [0, 0.1) is 0 Å². The highest BCUT2D eigenvalue weighted by Gasteiger charge is 2.17. The van der Waals surface area contributed by atoms with Gasteiger partial charge in [-0.25, -0.2) is 0 Å². The zero-order chi connectivity index (χ0) is 25.5. The standard InChI is InChI=1S/C33H34N4/c1-3-5-8-25-11-15-28(16-12-25)32-35-36-33(29-17-13-26(14-18-29)9-6-4-2)37(32)31-21-19-27(20-22-31)30-10-7-23-34-24-30/h7,10-24H,3-6,8-9H2,1-2H3. The smallest absolute Gasteiger partial charge is 0.168 e. The molecule has 0 unspecified atom stereocenters. The predicted molar refractivity (Wildman–Crippen MR) is 153 cm³/mol. The van der Waals surface area contributed by atoms with Crippen LogP contribution in [0.1, 0.15) is 50.7 Å². The lowest BCUT2D eigenvalue weighted by atomic mass is 10.0. The van der Waals surface area contributed by atoms with Gasteiger partial charge in [0.05, 0.1) is 0 Å². The minimum Gasteiger partial charge on any atom is -0.275 e. The van der Waals surface area contributed by atoms with Gasteiger partial charge >= 0.3 is 0 Å². The van der Waals surface area contributed by atoms with Crippen molar-refractivity contribution in [3.05, 3.63) is 108 Å². The van der Waals surface area contributed by atoms with Crippen LogP contribution in [-0.4, -0.2) is 19.7 Å². The van der Waals surface area contributed by atoms with Gasteiger partial charge in [0, 0.05) is 29.2 Å². The maximum Gasteiger partial charge on any atom is 0.168 e. The van der Waals surface area contributed by atoms with Gasteiger partial charge in [-0.05, 0) is 66.1 Å². The molecule has 0 spiro atoms. The van der Waals surface area contributed by atoms with Gasteiger partial charge in [-0.15, -0.1) is 10.2 Å². The van der Waals surface area contributed by atoms with E-state index in [-0.39, 0.29) is 0 Å². The second kappa shape index (κ2) is 11.8. The molecule has 0 atom stereocenters. The summed E-state index contributed by atoms with van der Waals surface area (Å²) in [6, 6.07) is 30.2. The predicted octanol–water partition coefficient (Wildman–Crippen LogP) is 8.35. The van der Waals surface area contributed by atoms with Crippen LogP contribution < -0.4 is 0 Å². The number of pyridine rings is 1. The van der Waals surface area contributed by atoms with Gasteiger partial charge in [-0.2, -0.15) is 0 Å². The van der Waals surface area contributed by atoms with Gasteiger partial charge in [0.25, 0.3) is 0 Å². The molecule has 5 rings (SSSR count). The van der Waals surface area contributed by atoms with E-state index in [0.717, 1.165) is 52.4 Å². The summed E-state index contributed by atoms with van der Waals surface area (Å²) in [4.78, 5) is 4.27. The fourth-order valence-corrected chi connectivity index (χ4v) is 4.64. The summed E-state index contributed by atoms with van der Waals surface area (Å²) in [7, 11) is 0. The first kappa shape index (κ1) is 24.6. The van der Waals surface area contributed by atoms with Crippen LogP contribution in [0.25, 0.3) is 39.6 Å². The summed E-state index contributed by atoms with van der Waals surface area (Å²) < 4.78 is 2.18. The van der Waals surface area contributed by atoms with Crippen molar-refractivity contribution >= 4 is 0 Å². The van der Waals surface area contributed by atoms with Crippen molar-refractivity contribution in [2.24, 2.45) is 0 Å². The molecule has 0 saturated carbocycles. The molecule has 2 aromatic heterocycles. The van der Waals surface area contributed by atoms with Crippen molar-refractivity contribution in [2.75, 3.05) is 0 Å². The van der Waals surface area contributed by atoms with Crippen LogP contribution in [0.5, 0.6) is 0 Å². The van der Waals surface area contributed by atoms with Crippen LogP contribution in [0.3, 0.4) is 0 Å². The van der Waals surface area contributed by atoms with E-state index in [1.54, 1.807) is 6.20 Å². The Morgan fingerprint density at radius 2 is 1.08 bits per heavy atom. The van der Waals surface area contributed by atoms with Crippen molar-refractivity contribution in [3.63, 3.8) is 0 Å². The first-order chi connectivity index (χ1) is 18.3. The number of benzene rings is 3. The van der Waals surface area contributed by atoms with Crippen LogP contribution in [-0.2, 0) is 12.8 Å². The Hall–Kier alpha value is -4.05. The molecule has 37 heavy (non-hydrogen) atoms. The molecule has 0 N–H and O–H groups in total. The second-order valence-electron chi connectivity index (χ2n) is 9.57. The molecule has 0 aliphatic rings. The Balaban J connectivity index is 1.55. The number of nitrogens with zero attached hydrogens (tertiary/aromatic N) is 4. The summed E-state index contributed by atoms with van der Waals surface area (Å²) in [5.41, 5.74) is 8.12. The van der Waals surface area contributed by atoms with E-state index >= 15 is 0 Å². The van der Waals surface area contributed by atoms with Crippen LogP contribution >= 0.6 is 0 Å². The summed E-state index contributed by atoms with van der Waals surface area (Å²) in [5, 5.41) is 9.37. The minimum atomic E-state index is 0.848.